The van der Waals surface area contributed by atoms with Gasteiger partial charge < -0.3 is 19.6 Å². The summed E-state index contributed by atoms with van der Waals surface area (Å²) in [4.78, 5) is 24.0. The molecule has 2 atom stereocenters. The summed E-state index contributed by atoms with van der Waals surface area (Å²) in [5.74, 6) is 2.38. The first-order valence-electron chi connectivity index (χ1n) is 10.5. The summed E-state index contributed by atoms with van der Waals surface area (Å²) in [6, 6.07) is 1.83. The van der Waals surface area contributed by atoms with Gasteiger partial charge in [0.15, 0.2) is 5.96 Å². The zero-order chi connectivity index (χ0) is 19.9. The molecule has 156 valence electrons. The van der Waals surface area contributed by atoms with Crippen LogP contribution in [0.4, 0.5) is 0 Å². The van der Waals surface area contributed by atoms with Gasteiger partial charge in [-0.1, -0.05) is 19.0 Å². The number of guanidine groups is 1. The van der Waals surface area contributed by atoms with Crippen molar-refractivity contribution in [1.82, 2.24) is 25.2 Å². The van der Waals surface area contributed by atoms with Crippen molar-refractivity contribution in [2.75, 3.05) is 52.4 Å². The fourth-order valence-electron chi connectivity index (χ4n) is 4.18. The largest absolute Gasteiger partial charge is 0.364 e. The Balaban J connectivity index is 1.48. The molecule has 0 aliphatic carbocycles. The monoisotopic (exact) mass is 390 g/mol. The van der Waals surface area contributed by atoms with E-state index in [1.807, 2.05) is 6.07 Å². The second-order valence-electron chi connectivity index (χ2n) is 8.17. The van der Waals surface area contributed by atoms with Crippen LogP contribution >= 0.6 is 0 Å². The van der Waals surface area contributed by atoms with E-state index in [2.05, 4.69) is 50.9 Å². The predicted octanol–water partition coefficient (Wildman–Crippen LogP) is 1.26. The Kier molecular flexibility index (Phi) is 7.30. The van der Waals surface area contributed by atoms with Crippen molar-refractivity contribution < 1.29 is 9.32 Å². The van der Waals surface area contributed by atoms with Gasteiger partial charge in [0.1, 0.15) is 12.0 Å². The van der Waals surface area contributed by atoms with Crippen LogP contribution in [0.15, 0.2) is 21.8 Å². The molecule has 2 aliphatic rings. The number of nitrogens with one attached hydrogen (secondary N) is 1. The number of aliphatic imine (C=N–C) groups is 1. The van der Waals surface area contributed by atoms with Crippen LogP contribution in [0.2, 0.25) is 0 Å². The number of rotatable bonds is 5. The number of nitrogens with zero attached hydrogens (tertiary/aromatic N) is 5. The average molecular weight is 391 g/mol. The lowest BCUT2D eigenvalue weighted by Gasteiger charge is -2.39. The Morgan fingerprint density at radius 1 is 1.21 bits per heavy atom. The first kappa shape index (κ1) is 20.6. The molecular formula is C20H34N6O2. The van der Waals surface area contributed by atoms with E-state index in [1.165, 1.54) is 6.42 Å². The van der Waals surface area contributed by atoms with Gasteiger partial charge in [0.05, 0.1) is 13.1 Å². The molecule has 1 aromatic rings. The quantitative estimate of drug-likeness (QED) is 0.603. The van der Waals surface area contributed by atoms with Gasteiger partial charge in [0, 0.05) is 51.9 Å². The molecule has 1 N–H and O–H groups in total. The van der Waals surface area contributed by atoms with Gasteiger partial charge in [0.25, 0.3) is 0 Å². The topological polar surface area (TPSA) is 77.2 Å². The van der Waals surface area contributed by atoms with E-state index in [9.17, 15) is 4.79 Å². The molecule has 0 aromatic carbocycles. The maximum absolute atomic E-state index is 12.7. The van der Waals surface area contributed by atoms with Crippen molar-refractivity contribution in [3.05, 3.63) is 18.0 Å². The predicted molar refractivity (Wildman–Crippen MR) is 109 cm³/mol. The molecule has 2 saturated heterocycles. The van der Waals surface area contributed by atoms with Gasteiger partial charge >= 0.3 is 0 Å². The summed E-state index contributed by atoms with van der Waals surface area (Å²) in [6.45, 7) is 13.7. The molecular weight excluding hydrogens is 356 g/mol. The molecule has 28 heavy (non-hydrogen) atoms. The highest BCUT2D eigenvalue weighted by Gasteiger charge is 2.28. The Labute approximate surface area is 167 Å². The van der Waals surface area contributed by atoms with Crippen LogP contribution in [0, 0.1) is 11.8 Å². The molecule has 0 saturated carbocycles. The smallest absolute Gasteiger partial charge is 0.236 e. The van der Waals surface area contributed by atoms with Crippen molar-refractivity contribution in [2.24, 2.45) is 16.8 Å². The highest BCUT2D eigenvalue weighted by Crippen LogP contribution is 2.21. The third-order valence-corrected chi connectivity index (χ3v) is 5.47. The number of likely N-dealkylation sites (tertiary alicyclic amines) is 1. The van der Waals surface area contributed by atoms with Gasteiger partial charge in [-0.15, -0.1) is 0 Å². The molecule has 1 aromatic heterocycles. The number of amides is 1. The second-order valence-corrected chi connectivity index (χ2v) is 8.17. The lowest BCUT2D eigenvalue weighted by Crippen LogP contribution is -2.55. The number of piperazine rings is 1. The lowest BCUT2D eigenvalue weighted by atomic mass is 9.92. The van der Waals surface area contributed by atoms with Crippen LogP contribution in [0.25, 0.3) is 0 Å². The molecule has 0 spiro atoms. The molecule has 0 radical (unpaired) electrons. The molecule has 2 fully saturated rings. The summed E-state index contributed by atoms with van der Waals surface area (Å²) < 4.78 is 4.87. The average Bonchev–Trinajstić information content (AvgIpc) is 3.18. The number of hydrogen-bond acceptors (Lipinski definition) is 5. The van der Waals surface area contributed by atoms with Crippen LogP contribution in [-0.2, 0) is 11.3 Å². The third-order valence-electron chi connectivity index (χ3n) is 5.47. The van der Waals surface area contributed by atoms with E-state index in [-0.39, 0.29) is 5.91 Å². The van der Waals surface area contributed by atoms with Gasteiger partial charge in [-0.25, -0.2) is 4.99 Å². The highest BCUT2D eigenvalue weighted by molar-refractivity contribution is 5.80. The normalized spacial score (nSPS) is 24.5. The zero-order valence-corrected chi connectivity index (χ0v) is 17.4. The van der Waals surface area contributed by atoms with Crippen molar-refractivity contribution in [1.29, 1.82) is 0 Å². The van der Waals surface area contributed by atoms with E-state index in [0.717, 1.165) is 57.5 Å². The Hall–Kier alpha value is -2.09. The number of carbonyl (C=O) groups is 1. The van der Waals surface area contributed by atoms with Crippen LogP contribution in [-0.4, -0.2) is 84.1 Å². The Bertz CT molecular complexity index is 629. The number of hydrogen-bond donors (Lipinski definition) is 1. The maximum atomic E-state index is 12.7. The first-order chi connectivity index (χ1) is 13.5. The summed E-state index contributed by atoms with van der Waals surface area (Å²) in [5, 5.41) is 7.27. The van der Waals surface area contributed by atoms with E-state index >= 15 is 0 Å². The van der Waals surface area contributed by atoms with Gasteiger partial charge in [-0.3, -0.25) is 9.69 Å². The van der Waals surface area contributed by atoms with Crippen molar-refractivity contribution >= 4 is 11.9 Å². The van der Waals surface area contributed by atoms with Gasteiger partial charge in [-0.05, 0) is 25.2 Å². The van der Waals surface area contributed by atoms with Crippen LogP contribution in [0.3, 0.4) is 0 Å². The Morgan fingerprint density at radius 2 is 1.93 bits per heavy atom. The highest BCUT2D eigenvalue weighted by atomic mass is 16.5. The van der Waals surface area contributed by atoms with Crippen molar-refractivity contribution in [3.63, 3.8) is 0 Å². The molecule has 3 heterocycles. The minimum absolute atomic E-state index is 0.276. The lowest BCUT2D eigenvalue weighted by molar-refractivity contribution is -0.135. The first-order valence-corrected chi connectivity index (χ1v) is 10.5. The molecule has 8 heteroatoms. The third kappa shape index (κ3) is 5.70. The van der Waals surface area contributed by atoms with Gasteiger partial charge in [0.2, 0.25) is 5.91 Å². The standard InChI is InChI=1S/C20H34N6O2/c1-4-21-20(22-12-18-5-10-28-23-18)25-8-6-24(7-9-25)15-19(27)26-13-16(2)11-17(3)14-26/h5,10,16-17H,4,6-9,11-15H2,1-3H3,(H,21,22). The molecule has 0 bridgehead atoms. The van der Waals surface area contributed by atoms with Crippen molar-refractivity contribution in [2.45, 2.75) is 33.7 Å². The molecule has 1 amide bonds. The SMILES string of the molecule is CCNC(=NCc1ccon1)N1CCN(CC(=O)N2CC(C)CC(C)C2)CC1. The van der Waals surface area contributed by atoms with Crippen LogP contribution in [0.1, 0.15) is 32.9 Å². The summed E-state index contributed by atoms with van der Waals surface area (Å²) in [6.07, 6.45) is 2.79. The van der Waals surface area contributed by atoms with E-state index in [4.69, 9.17) is 4.52 Å². The Morgan fingerprint density at radius 3 is 2.54 bits per heavy atom. The number of carbonyl (C=O) groups excluding carboxylic acids is 1. The van der Waals surface area contributed by atoms with Gasteiger partial charge in [-0.2, -0.15) is 0 Å². The maximum Gasteiger partial charge on any atom is 0.236 e. The molecule has 8 nitrogen and oxygen atoms in total. The van der Waals surface area contributed by atoms with Crippen LogP contribution in [0.5, 0.6) is 0 Å². The zero-order valence-electron chi connectivity index (χ0n) is 17.4. The molecule has 2 unspecified atom stereocenters. The fourth-order valence-corrected chi connectivity index (χ4v) is 4.18. The minimum atomic E-state index is 0.276. The fraction of sp³-hybridized carbons (Fsp3) is 0.750. The summed E-state index contributed by atoms with van der Waals surface area (Å²) >= 11 is 0. The van der Waals surface area contributed by atoms with Crippen molar-refractivity contribution in [3.8, 4) is 0 Å². The second kappa shape index (κ2) is 9.91. The van der Waals surface area contributed by atoms with Crippen LogP contribution < -0.4 is 5.32 Å². The number of aromatic nitrogens is 1. The molecule has 2 aliphatic heterocycles. The molecule has 3 rings (SSSR count). The minimum Gasteiger partial charge on any atom is -0.364 e. The summed E-state index contributed by atoms with van der Waals surface area (Å²) in [7, 11) is 0. The number of piperidine rings is 1. The summed E-state index contributed by atoms with van der Waals surface area (Å²) in [5.41, 5.74) is 0.824. The van der Waals surface area contributed by atoms with E-state index in [0.29, 0.717) is 24.9 Å². The van der Waals surface area contributed by atoms with E-state index < -0.39 is 0 Å². The van der Waals surface area contributed by atoms with E-state index in [1.54, 1.807) is 6.26 Å².